The van der Waals surface area contributed by atoms with E-state index < -0.39 is 16.6 Å². The molecule has 0 N–H and O–H groups in total. The fraction of sp³-hybridized carbons (Fsp3) is 0.250. The van der Waals surface area contributed by atoms with E-state index in [1.807, 2.05) is 6.92 Å². The Hall–Kier alpha value is -2.24. The van der Waals surface area contributed by atoms with E-state index >= 15 is 0 Å². The van der Waals surface area contributed by atoms with Crippen molar-refractivity contribution in [3.8, 4) is 5.75 Å². The Labute approximate surface area is 104 Å². The second kappa shape index (κ2) is 6.48. The van der Waals surface area contributed by atoms with Gasteiger partial charge in [-0.3, -0.25) is 19.7 Å². The van der Waals surface area contributed by atoms with Crippen molar-refractivity contribution in [3.63, 3.8) is 0 Å². The van der Waals surface area contributed by atoms with Crippen LogP contribution in [0, 0.1) is 16.5 Å². The molecule has 0 heterocycles. The van der Waals surface area contributed by atoms with Gasteiger partial charge in [-0.2, -0.15) is 0 Å². The molecule has 0 spiro atoms. The molecule has 6 heteroatoms. The Morgan fingerprint density at radius 3 is 2.78 bits per heavy atom. The average molecular weight is 250 g/mol. The quantitative estimate of drug-likeness (QED) is 0.254. The molecule has 0 bridgehead atoms. The summed E-state index contributed by atoms with van der Waals surface area (Å²) in [6.07, 6.45) is 3.12. The first-order chi connectivity index (χ1) is 8.58. The molecule has 0 fully saturated rings. The maximum absolute atomic E-state index is 11.3. The van der Waals surface area contributed by atoms with Crippen molar-refractivity contribution >= 4 is 17.9 Å². The van der Waals surface area contributed by atoms with E-state index in [2.05, 4.69) is 0 Å². The van der Waals surface area contributed by atoms with E-state index in [4.69, 9.17) is 4.74 Å². The van der Waals surface area contributed by atoms with Crippen molar-refractivity contribution in [2.45, 2.75) is 19.8 Å². The third-order valence-electron chi connectivity index (χ3n) is 2.13. The largest absolute Gasteiger partial charge is 0.419 e. The van der Waals surface area contributed by atoms with Crippen LogP contribution >= 0.6 is 0 Å². The predicted molar refractivity (Wildman–Crippen MR) is 63.3 cm³/mol. The van der Waals surface area contributed by atoms with Gasteiger partial charge in [-0.1, -0.05) is 13.3 Å². The van der Waals surface area contributed by atoms with Gasteiger partial charge in [0.05, 0.1) is 11.3 Å². The molecule has 1 aromatic carbocycles. The van der Waals surface area contributed by atoms with Crippen molar-refractivity contribution in [2.75, 3.05) is 0 Å². The summed E-state index contributed by atoms with van der Waals surface area (Å²) >= 11 is 0. The van der Waals surface area contributed by atoms with Crippen molar-refractivity contribution in [1.82, 2.24) is 0 Å². The zero-order valence-electron chi connectivity index (χ0n) is 9.79. The molecule has 0 aliphatic rings. The number of unbranched alkanes of at least 4 members (excludes halogenated alkanes) is 1. The van der Waals surface area contributed by atoms with E-state index in [-0.39, 0.29) is 11.3 Å². The van der Waals surface area contributed by atoms with E-state index in [0.717, 1.165) is 12.5 Å². The van der Waals surface area contributed by atoms with Crippen LogP contribution in [0.3, 0.4) is 0 Å². The molecule has 0 aliphatic heterocycles. The molecule has 0 saturated carbocycles. The van der Waals surface area contributed by atoms with E-state index in [1.54, 1.807) is 0 Å². The lowest BCUT2D eigenvalue weighted by atomic mass is 10.2. The van der Waals surface area contributed by atoms with Crippen molar-refractivity contribution in [2.24, 2.45) is 0 Å². The molecule has 1 rings (SSSR count). The molecule has 6 nitrogen and oxygen atoms in total. The summed E-state index contributed by atoms with van der Waals surface area (Å²) in [4.78, 5) is 31.9. The van der Waals surface area contributed by atoms with Crippen LogP contribution in [0.2, 0.25) is 0 Å². The maximum atomic E-state index is 11.3. The lowest BCUT2D eigenvalue weighted by molar-refractivity contribution is -0.385. The second-order valence-corrected chi connectivity index (χ2v) is 3.52. The van der Waals surface area contributed by atoms with Crippen LogP contribution in [0.15, 0.2) is 18.2 Å². The normalized spacial score (nSPS) is 9.83. The van der Waals surface area contributed by atoms with Gasteiger partial charge < -0.3 is 4.74 Å². The minimum atomic E-state index is -0.699. The van der Waals surface area contributed by atoms with Crippen LogP contribution in [-0.2, 0) is 4.79 Å². The third-order valence-corrected chi connectivity index (χ3v) is 2.13. The van der Waals surface area contributed by atoms with Gasteiger partial charge in [0.1, 0.15) is 6.29 Å². The van der Waals surface area contributed by atoms with Crippen LogP contribution in [0.1, 0.15) is 30.1 Å². The highest BCUT2D eigenvalue weighted by Crippen LogP contribution is 2.27. The SMILES string of the molecule is CCC[CH]C(=O)Oc1ccc(C=O)cc1[N+](=O)[O-]. The van der Waals surface area contributed by atoms with Gasteiger partial charge >= 0.3 is 11.7 Å². The minimum absolute atomic E-state index is 0.152. The highest BCUT2D eigenvalue weighted by molar-refractivity contribution is 5.83. The van der Waals surface area contributed by atoms with E-state index in [9.17, 15) is 19.7 Å². The number of carbonyl (C=O) groups excluding carboxylic acids is 2. The number of benzene rings is 1. The Kier molecular flexibility index (Phi) is 4.98. The summed E-state index contributed by atoms with van der Waals surface area (Å²) in [6, 6.07) is 3.65. The van der Waals surface area contributed by atoms with Gasteiger partial charge in [0.15, 0.2) is 0 Å². The number of nitro groups is 1. The Bertz CT molecular complexity index is 470. The van der Waals surface area contributed by atoms with Crippen LogP contribution in [0.25, 0.3) is 0 Å². The van der Waals surface area contributed by atoms with Crippen molar-refractivity contribution in [1.29, 1.82) is 0 Å². The molecule has 0 aliphatic carbocycles. The highest BCUT2D eigenvalue weighted by atomic mass is 16.6. The smallest absolute Gasteiger partial charge is 0.315 e. The van der Waals surface area contributed by atoms with E-state index in [1.165, 1.54) is 18.6 Å². The molecule has 0 atom stereocenters. The lowest BCUT2D eigenvalue weighted by Crippen LogP contribution is -2.09. The molecule has 1 radical (unpaired) electrons. The summed E-state index contributed by atoms with van der Waals surface area (Å²) in [5, 5.41) is 10.8. The zero-order chi connectivity index (χ0) is 13.5. The van der Waals surface area contributed by atoms with Gasteiger partial charge in [0.2, 0.25) is 5.75 Å². The Balaban J connectivity index is 2.91. The molecule has 95 valence electrons. The molecule has 0 amide bonds. The molecule has 0 saturated heterocycles. The second-order valence-electron chi connectivity index (χ2n) is 3.52. The maximum Gasteiger partial charge on any atom is 0.315 e. The number of hydrogen-bond acceptors (Lipinski definition) is 5. The summed E-state index contributed by atoms with van der Waals surface area (Å²) in [6.45, 7) is 1.89. The van der Waals surface area contributed by atoms with Crippen molar-refractivity contribution in [3.05, 3.63) is 40.3 Å². The summed E-state index contributed by atoms with van der Waals surface area (Å²) < 4.78 is 4.86. The first kappa shape index (κ1) is 13.8. The van der Waals surface area contributed by atoms with Crippen LogP contribution in [0.5, 0.6) is 5.75 Å². The molecule has 0 aromatic heterocycles. The highest BCUT2D eigenvalue weighted by Gasteiger charge is 2.18. The van der Waals surface area contributed by atoms with E-state index in [0.29, 0.717) is 12.7 Å². The number of hydrogen-bond donors (Lipinski definition) is 0. The fourth-order valence-electron chi connectivity index (χ4n) is 1.25. The van der Waals surface area contributed by atoms with Crippen LogP contribution in [0.4, 0.5) is 5.69 Å². The molecule has 1 aromatic rings. The fourth-order valence-corrected chi connectivity index (χ4v) is 1.25. The summed E-state index contributed by atoms with van der Waals surface area (Å²) in [5.41, 5.74) is -0.253. The van der Waals surface area contributed by atoms with Gasteiger partial charge in [-0.15, -0.1) is 0 Å². The summed E-state index contributed by atoms with van der Waals surface area (Å²) in [5.74, 6) is -0.804. The van der Waals surface area contributed by atoms with Crippen LogP contribution < -0.4 is 4.74 Å². The third kappa shape index (κ3) is 3.65. The molecule has 0 unspecified atom stereocenters. The van der Waals surface area contributed by atoms with Gasteiger partial charge in [-0.05, 0) is 18.6 Å². The number of rotatable bonds is 6. The first-order valence-electron chi connectivity index (χ1n) is 5.37. The first-order valence-corrected chi connectivity index (χ1v) is 5.37. The number of carbonyl (C=O) groups is 2. The number of esters is 1. The van der Waals surface area contributed by atoms with Gasteiger partial charge in [0, 0.05) is 11.6 Å². The summed E-state index contributed by atoms with van der Waals surface area (Å²) in [7, 11) is 0. The number of aldehydes is 1. The van der Waals surface area contributed by atoms with Crippen LogP contribution in [-0.4, -0.2) is 17.2 Å². The van der Waals surface area contributed by atoms with Gasteiger partial charge in [-0.25, -0.2) is 0 Å². The van der Waals surface area contributed by atoms with Crippen molar-refractivity contribution < 1.29 is 19.2 Å². The monoisotopic (exact) mass is 250 g/mol. The topological polar surface area (TPSA) is 86.5 Å². The minimum Gasteiger partial charge on any atom is -0.419 e. The molecular weight excluding hydrogens is 238 g/mol. The molecule has 18 heavy (non-hydrogen) atoms. The Morgan fingerprint density at radius 1 is 1.50 bits per heavy atom. The number of nitro benzene ring substituents is 1. The zero-order valence-corrected chi connectivity index (χ0v) is 9.79. The predicted octanol–water partition coefficient (Wildman–Crippen LogP) is 2.32. The number of nitrogens with zero attached hydrogens (tertiary/aromatic N) is 1. The Morgan fingerprint density at radius 2 is 2.22 bits per heavy atom. The van der Waals surface area contributed by atoms with Gasteiger partial charge in [0.25, 0.3) is 0 Å². The number of ether oxygens (including phenoxy) is 1. The standard InChI is InChI=1S/C12H12NO5/c1-2-3-4-12(15)18-11-6-5-9(8-14)7-10(11)13(16)17/h4-8H,2-3H2,1H3. The molecular formula is C12H12NO5. The average Bonchev–Trinajstić information content (AvgIpc) is 2.36. The lowest BCUT2D eigenvalue weighted by Gasteiger charge is -2.04.